The molecule has 4 nitrogen and oxygen atoms in total. The van der Waals surface area contributed by atoms with Gasteiger partial charge in [0.1, 0.15) is 0 Å². The molecule has 1 aromatic heterocycles. The molecule has 0 radical (unpaired) electrons. The number of anilines is 1. The molecule has 4 heteroatoms. The van der Waals surface area contributed by atoms with Crippen molar-refractivity contribution < 1.29 is 9.90 Å². The van der Waals surface area contributed by atoms with Crippen molar-refractivity contribution in [2.75, 3.05) is 5.73 Å². The highest BCUT2D eigenvalue weighted by Crippen LogP contribution is 2.20. The van der Waals surface area contributed by atoms with Crippen molar-refractivity contribution >= 4 is 11.7 Å². The van der Waals surface area contributed by atoms with E-state index >= 15 is 0 Å². The topological polar surface area (TPSA) is 76.2 Å². The quantitative estimate of drug-likeness (QED) is 0.682. The minimum absolute atomic E-state index is 0.0550. The number of carbonyl (C=O) groups is 1. The molecule has 70 valence electrons. The number of aromatic carboxylic acids is 1. The first-order chi connectivity index (χ1) is 5.95. The normalized spacial score (nSPS) is 10.1. The first-order valence-corrected chi connectivity index (χ1v) is 3.91. The van der Waals surface area contributed by atoms with Crippen LogP contribution in [0.4, 0.5) is 5.69 Å². The van der Waals surface area contributed by atoms with Gasteiger partial charge in [-0.2, -0.15) is 0 Å². The molecule has 0 unspecified atom stereocenters. The van der Waals surface area contributed by atoms with E-state index in [1.165, 1.54) is 0 Å². The van der Waals surface area contributed by atoms with Crippen LogP contribution in [0.3, 0.4) is 0 Å². The van der Waals surface area contributed by atoms with E-state index < -0.39 is 5.97 Å². The van der Waals surface area contributed by atoms with Crippen LogP contribution in [-0.4, -0.2) is 16.1 Å². The van der Waals surface area contributed by atoms with Gasteiger partial charge in [-0.15, -0.1) is 0 Å². The average Bonchev–Trinajstić information content (AvgIpc) is 2.07. The summed E-state index contributed by atoms with van der Waals surface area (Å²) in [4.78, 5) is 14.6. The van der Waals surface area contributed by atoms with E-state index in [-0.39, 0.29) is 11.4 Å². The highest BCUT2D eigenvalue weighted by molar-refractivity contribution is 5.92. The van der Waals surface area contributed by atoms with Gasteiger partial charge in [0.05, 0.1) is 5.69 Å². The second kappa shape index (κ2) is 3.05. The summed E-state index contributed by atoms with van der Waals surface area (Å²) in [5, 5.41) is 8.76. The Bertz CT molecular complexity index is 372. The molecular weight excluding hydrogens is 168 g/mol. The lowest BCUT2D eigenvalue weighted by atomic mass is 10.1. The molecule has 0 spiro atoms. The molecule has 0 saturated carbocycles. The van der Waals surface area contributed by atoms with Crippen LogP contribution in [0.5, 0.6) is 0 Å². The van der Waals surface area contributed by atoms with Crippen LogP contribution < -0.4 is 5.73 Å². The second-order valence-corrected chi connectivity index (χ2v) is 3.01. The predicted molar refractivity (Wildman–Crippen MR) is 49.8 cm³/mol. The Morgan fingerprint density at radius 3 is 2.31 bits per heavy atom. The number of hydrogen-bond donors (Lipinski definition) is 2. The molecule has 3 N–H and O–H groups in total. The second-order valence-electron chi connectivity index (χ2n) is 3.01. The van der Waals surface area contributed by atoms with Gasteiger partial charge in [0.25, 0.3) is 0 Å². The van der Waals surface area contributed by atoms with E-state index in [0.29, 0.717) is 5.69 Å². The third-order valence-corrected chi connectivity index (χ3v) is 2.25. The van der Waals surface area contributed by atoms with E-state index in [4.69, 9.17) is 10.8 Å². The lowest BCUT2D eigenvalue weighted by Crippen LogP contribution is -2.10. The predicted octanol–water partition coefficient (Wildman–Crippen LogP) is 1.29. The number of nitrogens with two attached hydrogens (primary N) is 1. The SMILES string of the molecule is Cc1nc(C(=O)O)c(N)c(C)c1C. The maximum Gasteiger partial charge on any atom is 0.356 e. The monoisotopic (exact) mass is 180 g/mol. The zero-order chi connectivity index (χ0) is 10.2. The van der Waals surface area contributed by atoms with Gasteiger partial charge in [0.15, 0.2) is 5.69 Å². The summed E-state index contributed by atoms with van der Waals surface area (Å²) in [6, 6.07) is 0. The Hall–Kier alpha value is -1.58. The molecule has 0 aliphatic carbocycles. The molecule has 0 amide bonds. The minimum atomic E-state index is -1.08. The number of carboxylic acids is 1. The highest BCUT2D eigenvalue weighted by atomic mass is 16.4. The van der Waals surface area contributed by atoms with Gasteiger partial charge in [0.2, 0.25) is 0 Å². The summed E-state index contributed by atoms with van der Waals surface area (Å²) in [7, 11) is 0. The van der Waals surface area contributed by atoms with Crippen molar-refractivity contribution in [3.63, 3.8) is 0 Å². The minimum Gasteiger partial charge on any atom is -0.476 e. The zero-order valence-electron chi connectivity index (χ0n) is 7.88. The van der Waals surface area contributed by atoms with Crippen molar-refractivity contribution in [1.82, 2.24) is 4.98 Å². The number of hydrogen-bond acceptors (Lipinski definition) is 3. The van der Waals surface area contributed by atoms with Crippen LogP contribution in [0.2, 0.25) is 0 Å². The molecule has 0 bridgehead atoms. The molecule has 0 aliphatic rings. The van der Waals surface area contributed by atoms with E-state index in [2.05, 4.69) is 4.98 Å². The van der Waals surface area contributed by atoms with Gasteiger partial charge in [-0.25, -0.2) is 9.78 Å². The maximum absolute atomic E-state index is 10.7. The molecule has 13 heavy (non-hydrogen) atoms. The van der Waals surface area contributed by atoms with Crippen molar-refractivity contribution in [3.05, 3.63) is 22.5 Å². The summed E-state index contributed by atoms with van der Waals surface area (Å²) in [6.45, 7) is 5.44. The van der Waals surface area contributed by atoms with Crippen molar-refractivity contribution in [2.24, 2.45) is 0 Å². The summed E-state index contributed by atoms with van der Waals surface area (Å²) >= 11 is 0. The lowest BCUT2D eigenvalue weighted by Gasteiger charge is -2.09. The summed E-state index contributed by atoms with van der Waals surface area (Å²) < 4.78 is 0. The van der Waals surface area contributed by atoms with Gasteiger partial charge in [0, 0.05) is 5.69 Å². The maximum atomic E-state index is 10.7. The van der Waals surface area contributed by atoms with E-state index in [9.17, 15) is 4.79 Å². The van der Waals surface area contributed by atoms with Crippen molar-refractivity contribution in [3.8, 4) is 0 Å². The zero-order valence-corrected chi connectivity index (χ0v) is 7.88. The molecule has 0 aliphatic heterocycles. The lowest BCUT2D eigenvalue weighted by molar-refractivity contribution is 0.0691. The fourth-order valence-electron chi connectivity index (χ4n) is 1.13. The van der Waals surface area contributed by atoms with Crippen LogP contribution in [0.1, 0.15) is 27.3 Å². The number of rotatable bonds is 1. The fraction of sp³-hybridized carbons (Fsp3) is 0.333. The summed E-state index contributed by atoms with van der Waals surface area (Å²) in [5.74, 6) is -1.08. The summed E-state index contributed by atoms with van der Waals surface area (Å²) in [5.41, 5.74) is 8.27. The van der Waals surface area contributed by atoms with Gasteiger partial charge in [-0.3, -0.25) is 0 Å². The Kier molecular flexibility index (Phi) is 2.23. The number of pyridine rings is 1. The van der Waals surface area contributed by atoms with Gasteiger partial charge >= 0.3 is 5.97 Å². The van der Waals surface area contributed by atoms with Crippen LogP contribution in [0, 0.1) is 20.8 Å². The Morgan fingerprint density at radius 2 is 1.85 bits per heavy atom. The first kappa shape index (κ1) is 9.51. The Balaban J connectivity index is 3.50. The van der Waals surface area contributed by atoms with Gasteiger partial charge in [-0.1, -0.05) is 0 Å². The molecule has 1 heterocycles. The van der Waals surface area contributed by atoms with E-state index in [1.54, 1.807) is 13.8 Å². The number of aryl methyl sites for hydroxylation is 1. The van der Waals surface area contributed by atoms with Crippen LogP contribution in [0.15, 0.2) is 0 Å². The van der Waals surface area contributed by atoms with Crippen LogP contribution in [-0.2, 0) is 0 Å². The van der Waals surface area contributed by atoms with E-state index in [1.807, 2.05) is 6.92 Å². The van der Waals surface area contributed by atoms with Crippen LogP contribution in [0.25, 0.3) is 0 Å². The molecule has 1 rings (SSSR count). The molecule has 0 atom stereocenters. The van der Waals surface area contributed by atoms with Crippen molar-refractivity contribution in [1.29, 1.82) is 0 Å². The fourth-order valence-corrected chi connectivity index (χ4v) is 1.13. The summed E-state index contributed by atoms with van der Waals surface area (Å²) in [6.07, 6.45) is 0. The molecule has 1 aromatic rings. The highest BCUT2D eigenvalue weighted by Gasteiger charge is 2.14. The third-order valence-electron chi connectivity index (χ3n) is 2.25. The molecular formula is C9H12N2O2. The Morgan fingerprint density at radius 1 is 1.31 bits per heavy atom. The van der Waals surface area contributed by atoms with Crippen molar-refractivity contribution in [2.45, 2.75) is 20.8 Å². The average molecular weight is 180 g/mol. The number of carboxylic acid groups (broad SMARTS) is 1. The molecule has 0 aromatic carbocycles. The number of nitrogen functional groups attached to an aromatic ring is 1. The third kappa shape index (κ3) is 1.47. The van der Waals surface area contributed by atoms with E-state index in [0.717, 1.165) is 11.1 Å². The molecule has 0 saturated heterocycles. The largest absolute Gasteiger partial charge is 0.476 e. The number of aromatic nitrogens is 1. The standard InChI is InChI=1S/C9H12N2O2/c1-4-5(2)7(10)8(9(12)13)11-6(4)3/h10H2,1-3H3,(H,12,13). The first-order valence-electron chi connectivity index (χ1n) is 3.91. The molecule has 0 fully saturated rings. The van der Waals surface area contributed by atoms with Gasteiger partial charge < -0.3 is 10.8 Å². The number of nitrogens with zero attached hydrogens (tertiary/aromatic N) is 1. The smallest absolute Gasteiger partial charge is 0.356 e. The Labute approximate surface area is 76.4 Å². The van der Waals surface area contributed by atoms with Crippen LogP contribution >= 0.6 is 0 Å². The van der Waals surface area contributed by atoms with Gasteiger partial charge in [-0.05, 0) is 31.9 Å².